The van der Waals surface area contributed by atoms with E-state index in [1.54, 1.807) is 12.1 Å². The first-order valence-corrected chi connectivity index (χ1v) is 13.5. The standard InChI is InChI=1S/C23H38O4Si/c1-18(17-26-28(5,6)23(2,3)4)16-25-20-13-10-14-21(15-20)27-22(24)19-11-8-7-9-12-19/h7-9,11-12,18,20-21H,10,13-17H2,1-6H3/t18?,20-,21+/m1/s1. The van der Waals surface area contributed by atoms with Crippen LogP contribution in [0.5, 0.6) is 0 Å². The van der Waals surface area contributed by atoms with Crippen molar-refractivity contribution < 1.29 is 18.7 Å². The summed E-state index contributed by atoms with van der Waals surface area (Å²) >= 11 is 0. The summed E-state index contributed by atoms with van der Waals surface area (Å²) in [7, 11) is -1.71. The molecule has 0 saturated heterocycles. The lowest BCUT2D eigenvalue weighted by atomic mass is 9.94. The molecule has 28 heavy (non-hydrogen) atoms. The minimum atomic E-state index is -1.71. The molecule has 0 aromatic heterocycles. The van der Waals surface area contributed by atoms with Gasteiger partial charge in [0.25, 0.3) is 0 Å². The molecule has 5 heteroatoms. The zero-order valence-corrected chi connectivity index (χ0v) is 19.5. The van der Waals surface area contributed by atoms with E-state index in [1.807, 2.05) is 18.2 Å². The van der Waals surface area contributed by atoms with Crippen LogP contribution >= 0.6 is 0 Å². The number of ether oxygens (including phenoxy) is 2. The monoisotopic (exact) mass is 406 g/mol. The number of carbonyl (C=O) groups excluding carboxylic acids is 1. The molecular weight excluding hydrogens is 368 g/mol. The molecule has 2 rings (SSSR count). The topological polar surface area (TPSA) is 44.8 Å². The minimum Gasteiger partial charge on any atom is -0.459 e. The largest absolute Gasteiger partial charge is 0.459 e. The van der Waals surface area contributed by atoms with Crippen LogP contribution in [0.2, 0.25) is 18.1 Å². The molecule has 1 fully saturated rings. The third-order valence-electron chi connectivity index (χ3n) is 6.01. The van der Waals surface area contributed by atoms with Gasteiger partial charge in [0.05, 0.1) is 18.3 Å². The number of carbonyl (C=O) groups is 1. The fourth-order valence-electron chi connectivity index (χ4n) is 3.07. The Bertz CT molecular complexity index is 609. The van der Waals surface area contributed by atoms with E-state index < -0.39 is 8.32 Å². The molecule has 158 valence electrons. The second kappa shape index (κ2) is 10.0. The second-order valence-corrected chi connectivity index (χ2v) is 14.5. The first kappa shape index (κ1) is 23.1. The van der Waals surface area contributed by atoms with Gasteiger partial charge in [0, 0.05) is 18.9 Å². The molecule has 0 spiro atoms. The average Bonchev–Trinajstić information content (AvgIpc) is 2.65. The minimum absolute atomic E-state index is 0.0507. The van der Waals surface area contributed by atoms with Crippen molar-refractivity contribution in [2.75, 3.05) is 13.2 Å². The molecule has 1 aliphatic carbocycles. The van der Waals surface area contributed by atoms with E-state index in [-0.39, 0.29) is 23.2 Å². The molecule has 0 N–H and O–H groups in total. The van der Waals surface area contributed by atoms with Gasteiger partial charge in [0.15, 0.2) is 8.32 Å². The van der Waals surface area contributed by atoms with Crippen LogP contribution in [0.25, 0.3) is 0 Å². The predicted molar refractivity (Wildman–Crippen MR) is 116 cm³/mol. The van der Waals surface area contributed by atoms with Gasteiger partial charge in [0.2, 0.25) is 0 Å². The second-order valence-electron chi connectivity index (χ2n) is 9.69. The molecule has 0 heterocycles. The Balaban J connectivity index is 1.73. The lowest BCUT2D eigenvalue weighted by molar-refractivity contribution is -0.0412. The molecule has 1 aliphatic rings. The maximum atomic E-state index is 12.3. The third-order valence-corrected chi connectivity index (χ3v) is 10.5. The highest BCUT2D eigenvalue weighted by Gasteiger charge is 2.37. The van der Waals surface area contributed by atoms with Crippen molar-refractivity contribution in [2.45, 2.75) is 83.7 Å². The summed E-state index contributed by atoms with van der Waals surface area (Å²) in [5.74, 6) is 0.128. The van der Waals surface area contributed by atoms with Crippen LogP contribution in [0.3, 0.4) is 0 Å². The Morgan fingerprint density at radius 2 is 1.75 bits per heavy atom. The zero-order valence-electron chi connectivity index (χ0n) is 18.5. The number of benzene rings is 1. The average molecular weight is 407 g/mol. The van der Waals surface area contributed by atoms with Gasteiger partial charge in [-0.1, -0.05) is 45.9 Å². The summed E-state index contributed by atoms with van der Waals surface area (Å²) in [6.45, 7) is 15.0. The Kier molecular flexibility index (Phi) is 8.28. The molecule has 1 aromatic rings. The van der Waals surface area contributed by atoms with Crippen LogP contribution in [-0.2, 0) is 13.9 Å². The van der Waals surface area contributed by atoms with Gasteiger partial charge in [0.1, 0.15) is 6.10 Å². The summed E-state index contributed by atoms with van der Waals surface area (Å²) in [5, 5.41) is 0.229. The van der Waals surface area contributed by atoms with Crippen LogP contribution in [0, 0.1) is 5.92 Å². The maximum Gasteiger partial charge on any atom is 0.338 e. The lowest BCUT2D eigenvalue weighted by Crippen LogP contribution is -2.42. The molecule has 1 saturated carbocycles. The van der Waals surface area contributed by atoms with E-state index in [0.717, 1.165) is 32.3 Å². The van der Waals surface area contributed by atoms with Crippen molar-refractivity contribution in [3.8, 4) is 0 Å². The first-order chi connectivity index (χ1) is 13.1. The zero-order chi connectivity index (χ0) is 20.8. The quantitative estimate of drug-likeness (QED) is 0.402. The molecule has 0 radical (unpaired) electrons. The number of hydrogen-bond donors (Lipinski definition) is 0. The number of hydrogen-bond acceptors (Lipinski definition) is 4. The summed E-state index contributed by atoms with van der Waals surface area (Å²) in [6, 6.07) is 9.21. The van der Waals surface area contributed by atoms with Crippen molar-refractivity contribution in [1.82, 2.24) is 0 Å². The van der Waals surface area contributed by atoms with Crippen LogP contribution in [0.4, 0.5) is 0 Å². The Morgan fingerprint density at radius 1 is 1.11 bits per heavy atom. The van der Waals surface area contributed by atoms with Crippen LogP contribution in [0.1, 0.15) is 63.7 Å². The number of rotatable bonds is 8. The fourth-order valence-corrected chi connectivity index (χ4v) is 4.20. The summed E-state index contributed by atoms with van der Waals surface area (Å²) in [5.41, 5.74) is 0.613. The van der Waals surface area contributed by atoms with E-state index in [0.29, 0.717) is 18.1 Å². The van der Waals surface area contributed by atoms with Crippen molar-refractivity contribution in [1.29, 1.82) is 0 Å². The van der Waals surface area contributed by atoms with Crippen molar-refractivity contribution in [3.63, 3.8) is 0 Å². The smallest absolute Gasteiger partial charge is 0.338 e. The molecule has 0 amide bonds. The van der Waals surface area contributed by atoms with Crippen LogP contribution < -0.4 is 0 Å². The third kappa shape index (κ3) is 7.01. The Labute approximate surface area is 172 Å². The summed E-state index contributed by atoms with van der Waals surface area (Å²) in [6.07, 6.45) is 3.89. The van der Waals surface area contributed by atoms with E-state index >= 15 is 0 Å². The molecule has 1 aromatic carbocycles. The van der Waals surface area contributed by atoms with Gasteiger partial charge in [-0.2, -0.15) is 0 Å². The van der Waals surface area contributed by atoms with Gasteiger partial charge in [-0.3, -0.25) is 0 Å². The molecular formula is C23H38O4Si. The molecule has 0 aliphatic heterocycles. The van der Waals surface area contributed by atoms with E-state index in [9.17, 15) is 4.79 Å². The normalized spacial score (nSPS) is 21.9. The van der Waals surface area contributed by atoms with E-state index in [2.05, 4.69) is 40.8 Å². The molecule has 1 unspecified atom stereocenters. The van der Waals surface area contributed by atoms with Crippen molar-refractivity contribution in [2.24, 2.45) is 5.92 Å². The van der Waals surface area contributed by atoms with Crippen LogP contribution in [0.15, 0.2) is 30.3 Å². The Hall–Kier alpha value is -1.17. The fraction of sp³-hybridized carbons (Fsp3) is 0.696. The highest BCUT2D eigenvalue weighted by atomic mass is 28.4. The lowest BCUT2D eigenvalue weighted by Gasteiger charge is -2.37. The van der Waals surface area contributed by atoms with Gasteiger partial charge in [-0.05, 0) is 49.5 Å². The predicted octanol–water partition coefficient (Wildman–Crippen LogP) is 5.83. The molecule has 3 atom stereocenters. The van der Waals surface area contributed by atoms with E-state index in [4.69, 9.17) is 13.9 Å². The first-order valence-electron chi connectivity index (χ1n) is 10.6. The number of esters is 1. The summed E-state index contributed by atoms with van der Waals surface area (Å²) in [4.78, 5) is 12.3. The van der Waals surface area contributed by atoms with Gasteiger partial charge in [-0.15, -0.1) is 0 Å². The van der Waals surface area contributed by atoms with Gasteiger partial charge >= 0.3 is 5.97 Å². The van der Waals surface area contributed by atoms with E-state index in [1.165, 1.54) is 0 Å². The highest BCUT2D eigenvalue weighted by molar-refractivity contribution is 6.74. The summed E-state index contributed by atoms with van der Waals surface area (Å²) < 4.78 is 18.2. The van der Waals surface area contributed by atoms with Gasteiger partial charge in [-0.25, -0.2) is 4.79 Å². The Morgan fingerprint density at radius 3 is 2.39 bits per heavy atom. The van der Waals surface area contributed by atoms with Crippen LogP contribution in [-0.4, -0.2) is 39.7 Å². The van der Waals surface area contributed by atoms with Gasteiger partial charge < -0.3 is 13.9 Å². The highest BCUT2D eigenvalue weighted by Crippen LogP contribution is 2.36. The van der Waals surface area contributed by atoms with Crippen molar-refractivity contribution >= 4 is 14.3 Å². The molecule has 0 bridgehead atoms. The van der Waals surface area contributed by atoms with Crippen molar-refractivity contribution in [3.05, 3.63) is 35.9 Å². The maximum absolute atomic E-state index is 12.3. The molecule has 4 nitrogen and oxygen atoms in total. The SMILES string of the molecule is CC(CO[C@@H]1CCC[C@H](OC(=O)c2ccccc2)C1)CO[Si](C)(C)C(C)(C)C.